The first-order valence-corrected chi connectivity index (χ1v) is 9.89. The Balaban J connectivity index is 1.59. The SMILES string of the molecule is CC(C)(O)c1cc(C#CC2CC2)ccc1-c1cn(CC2CCCCO2)nn1. The monoisotopic (exact) mass is 365 g/mol. The lowest BCUT2D eigenvalue weighted by Crippen LogP contribution is -2.24. The van der Waals surface area contributed by atoms with Crippen LogP contribution in [0.2, 0.25) is 0 Å². The number of hydrogen-bond acceptors (Lipinski definition) is 4. The molecule has 1 aromatic carbocycles. The zero-order valence-corrected chi connectivity index (χ0v) is 16.1. The Morgan fingerprint density at radius 1 is 1.26 bits per heavy atom. The zero-order chi connectivity index (χ0) is 18.9. The van der Waals surface area contributed by atoms with Crippen molar-refractivity contribution < 1.29 is 9.84 Å². The third-order valence-electron chi connectivity index (χ3n) is 5.16. The predicted molar refractivity (Wildman–Crippen MR) is 104 cm³/mol. The molecule has 2 fully saturated rings. The lowest BCUT2D eigenvalue weighted by molar-refractivity contribution is 0.00370. The van der Waals surface area contributed by atoms with Crippen molar-refractivity contribution in [2.45, 2.75) is 64.2 Å². The molecule has 27 heavy (non-hydrogen) atoms. The van der Waals surface area contributed by atoms with Crippen molar-refractivity contribution in [1.82, 2.24) is 15.0 Å². The summed E-state index contributed by atoms with van der Waals surface area (Å²) in [5, 5.41) is 19.3. The van der Waals surface area contributed by atoms with Crippen LogP contribution in [0.25, 0.3) is 11.3 Å². The third kappa shape index (κ3) is 4.58. The van der Waals surface area contributed by atoms with Gasteiger partial charge in [0.15, 0.2) is 0 Å². The topological polar surface area (TPSA) is 60.2 Å². The van der Waals surface area contributed by atoms with Crippen molar-refractivity contribution in [1.29, 1.82) is 0 Å². The van der Waals surface area contributed by atoms with Gasteiger partial charge in [-0.3, -0.25) is 0 Å². The molecule has 0 amide bonds. The average Bonchev–Trinajstić information content (AvgIpc) is 3.37. The van der Waals surface area contributed by atoms with E-state index in [2.05, 4.69) is 22.2 Å². The average molecular weight is 365 g/mol. The maximum absolute atomic E-state index is 10.7. The first kappa shape index (κ1) is 18.2. The van der Waals surface area contributed by atoms with Crippen molar-refractivity contribution in [2.75, 3.05) is 6.61 Å². The molecule has 1 saturated carbocycles. The third-order valence-corrected chi connectivity index (χ3v) is 5.16. The van der Waals surface area contributed by atoms with Crippen molar-refractivity contribution in [2.24, 2.45) is 5.92 Å². The van der Waals surface area contributed by atoms with Crippen LogP contribution in [0.5, 0.6) is 0 Å². The molecule has 1 aromatic heterocycles. The number of aliphatic hydroxyl groups is 1. The number of nitrogens with zero attached hydrogens (tertiary/aromatic N) is 3. The Morgan fingerprint density at radius 2 is 2.11 bits per heavy atom. The summed E-state index contributed by atoms with van der Waals surface area (Å²) in [6.45, 7) is 5.14. The normalized spacial score (nSPS) is 20.2. The summed E-state index contributed by atoms with van der Waals surface area (Å²) < 4.78 is 7.65. The van der Waals surface area contributed by atoms with Crippen LogP contribution in [0.1, 0.15) is 57.1 Å². The number of benzene rings is 1. The van der Waals surface area contributed by atoms with Crippen LogP contribution < -0.4 is 0 Å². The van der Waals surface area contributed by atoms with Crippen molar-refractivity contribution in [3.8, 4) is 23.1 Å². The summed E-state index contributed by atoms with van der Waals surface area (Å²) >= 11 is 0. The number of aromatic nitrogens is 3. The van der Waals surface area contributed by atoms with Crippen LogP contribution in [0.3, 0.4) is 0 Å². The van der Waals surface area contributed by atoms with Crippen molar-refractivity contribution in [3.05, 3.63) is 35.5 Å². The van der Waals surface area contributed by atoms with E-state index >= 15 is 0 Å². The van der Waals surface area contributed by atoms with Gasteiger partial charge in [0, 0.05) is 23.7 Å². The maximum atomic E-state index is 10.7. The molecule has 4 rings (SSSR count). The van der Waals surface area contributed by atoms with Gasteiger partial charge >= 0.3 is 0 Å². The molecule has 1 aliphatic carbocycles. The van der Waals surface area contributed by atoms with Crippen LogP contribution in [0.15, 0.2) is 24.4 Å². The Bertz CT molecular complexity index is 860. The molecule has 1 atom stereocenters. The van der Waals surface area contributed by atoms with Gasteiger partial charge in [0.2, 0.25) is 0 Å². The van der Waals surface area contributed by atoms with E-state index in [9.17, 15) is 5.11 Å². The molecule has 2 aromatic rings. The Hall–Kier alpha value is -2.16. The molecule has 2 heterocycles. The van der Waals surface area contributed by atoms with Crippen LogP contribution in [0.4, 0.5) is 0 Å². The van der Waals surface area contributed by atoms with Gasteiger partial charge in [-0.1, -0.05) is 23.1 Å². The van der Waals surface area contributed by atoms with Gasteiger partial charge < -0.3 is 9.84 Å². The summed E-state index contributed by atoms with van der Waals surface area (Å²) in [5.74, 6) is 7.07. The number of ether oxygens (including phenoxy) is 1. The largest absolute Gasteiger partial charge is 0.386 e. The van der Waals surface area contributed by atoms with E-state index in [1.54, 1.807) is 13.8 Å². The number of rotatable bonds is 4. The van der Waals surface area contributed by atoms with Gasteiger partial charge in [0.1, 0.15) is 5.69 Å². The minimum atomic E-state index is -0.983. The highest BCUT2D eigenvalue weighted by atomic mass is 16.5. The fourth-order valence-electron chi connectivity index (χ4n) is 3.44. The van der Waals surface area contributed by atoms with Gasteiger partial charge in [-0.25, -0.2) is 4.68 Å². The second kappa shape index (κ2) is 7.46. The molecular formula is C22H27N3O2. The molecule has 1 aliphatic heterocycles. The lowest BCUT2D eigenvalue weighted by atomic mass is 9.90. The van der Waals surface area contributed by atoms with E-state index in [-0.39, 0.29) is 6.10 Å². The smallest absolute Gasteiger partial charge is 0.113 e. The summed E-state index contributed by atoms with van der Waals surface area (Å²) in [4.78, 5) is 0. The molecule has 5 heteroatoms. The molecular weight excluding hydrogens is 338 g/mol. The molecule has 1 N–H and O–H groups in total. The van der Waals surface area contributed by atoms with Crippen molar-refractivity contribution in [3.63, 3.8) is 0 Å². The minimum Gasteiger partial charge on any atom is -0.386 e. The fourth-order valence-corrected chi connectivity index (χ4v) is 3.44. The van der Waals surface area contributed by atoms with E-state index in [1.165, 1.54) is 19.3 Å². The second-order valence-electron chi connectivity index (χ2n) is 8.18. The fraction of sp³-hybridized carbons (Fsp3) is 0.545. The molecule has 0 radical (unpaired) electrons. The summed E-state index contributed by atoms with van der Waals surface area (Å²) in [5.41, 5.74) is 2.44. The van der Waals surface area contributed by atoms with Crippen molar-refractivity contribution >= 4 is 0 Å². The summed E-state index contributed by atoms with van der Waals surface area (Å²) in [6.07, 6.45) is 7.98. The first-order chi connectivity index (χ1) is 13.0. The van der Waals surface area contributed by atoms with Crippen LogP contribution in [0, 0.1) is 17.8 Å². The van der Waals surface area contributed by atoms with E-state index in [1.807, 2.05) is 29.1 Å². The predicted octanol–water partition coefficient (Wildman–Crippen LogP) is 3.50. The second-order valence-corrected chi connectivity index (χ2v) is 8.18. The van der Waals surface area contributed by atoms with Gasteiger partial charge in [-0.15, -0.1) is 5.10 Å². The zero-order valence-electron chi connectivity index (χ0n) is 16.1. The van der Waals surface area contributed by atoms with Crippen LogP contribution in [-0.4, -0.2) is 32.8 Å². The lowest BCUT2D eigenvalue weighted by Gasteiger charge is -2.22. The van der Waals surface area contributed by atoms with Gasteiger partial charge in [-0.05, 0) is 63.6 Å². The molecule has 1 saturated heterocycles. The molecule has 0 spiro atoms. The molecule has 2 aliphatic rings. The molecule has 1 unspecified atom stereocenters. The van der Waals surface area contributed by atoms with Crippen LogP contribution >= 0.6 is 0 Å². The molecule has 0 bridgehead atoms. The van der Waals surface area contributed by atoms with E-state index in [0.717, 1.165) is 48.4 Å². The van der Waals surface area contributed by atoms with E-state index < -0.39 is 5.60 Å². The van der Waals surface area contributed by atoms with E-state index in [4.69, 9.17) is 4.74 Å². The molecule has 5 nitrogen and oxygen atoms in total. The summed E-state index contributed by atoms with van der Waals surface area (Å²) in [6, 6.07) is 5.98. The Morgan fingerprint density at radius 3 is 2.81 bits per heavy atom. The minimum absolute atomic E-state index is 0.210. The molecule has 142 valence electrons. The highest BCUT2D eigenvalue weighted by molar-refractivity contribution is 5.66. The van der Waals surface area contributed by atoms with Crippen LogP contribution in [-0.2, 0) is 16.9 Å². The quantitative estimate of drug-likeness (QED) is 0.843. The number of hydrogen-bond donors (Lipinski definition) is 1. The Labute approximate surface area is 160 Å². The Kier molecular flexibility index (Phi) is 5.03. The summed E-state index contributed by atoms with van der Waals surface area (Å²) in [7, 11) is 0. The van der Waals surface area contributed by atoms with Gasteiger partial charge in [0.25, 0.3) is 0 Å². The maximum Gasteiger partial charge on any atom is 0.113 e. The van der Waals surface area contributed by atoms with Gasteiger partial charge in [-0.2, -0.15) is 0 Å². The van der Waals surface area contributed by atoms with Gasteiger partial charge in [0.05, 0.1) is 24.4 Å². The standard InChI is InChI=1S/C22H27N3O2/c1-22(2,26)20-13-17(9-8-16-6-7-16)10-11-19(20)21-15-25(24-23-21)14-18-5-3-4-12-27-18/h10-11,13,15-16,18,26H,3-7,12,14H2,1-2H3. The highest BCUT2D eigenvalue weighted by Crippen LogP contribution is 2.32. The van der Waals surface area contributed by atoms with E-state index in [0.29, 0.717) is 5.92 Å². The highest BCUT2D eigenvalue weighted by Gasteiger charge is 2.23. The first-order valence-electron chi connectivity index (χ1n) is 9.89.